The lowest BCUT2D eigenvalue weighted by atomic mass is 10.0. The molecule has 1 saturated carbocycles. The van der Waals surface area contributed by atoms with Crippen LogP contribution in [0.5, 0.6) is 0 Å². The minimum Gasteiger partial charge on any atom is -0.393 e. The van der Waals surface area contributed by atoms with E-state index in [-0.39, 0.29) is 6.10 Å². The smallest absolute Gasteiger partial charge is 0.0580 e. The molecule has 2 N–H and O–H groups in total. The van der Waals surface area contributed by atoms with Gasteiger partial charge in [0.25, 0.3) is 0 Å². The first-order valence-corrected chi connectivity index (χ1v) is 7.62. The van der Waals surface area contributed by atoms with E-state index in [1.165, 1.54) is 24.0 Å². The van der Waals surface area contributed by atoms with Crippen LogP contribution in [-0.4, -0.2) is 23.8 Å². The molecule has 1 aromatic carbocycles. The van der Waals surface area contributed by atoms with E-state index in [9.17, 15) is 5.11 Å². The fourth-order valence-corrected chi connectivity index (χ4v) is 2.96. The molecule has 0 radical (unpaired) electrons. The molecule has 0 spiro atoms. The summed E-state index contributed by atoms with van der Waals surface area (Å²) in [6.07, 6.45) is 5.57. The zero-order valence-electron chi connectivity index (χ0n) is 12.2. The maximum atomic E-state index is 9.80. The van der Waals surface area contributed by atoms with E-state index >= 15 is 0 Å². The van der Waals surface area contributed by atoms with Crippen molar-refractivity contribution < 1.29 is 5.11 Å². The zero-order chi connectivity index (χ0) is 13.7. The highest BCUT2D eigenvalue weighted by atomic mass is 16.3. The molecule has 2 nitrogen and oxygen atoms in total. The second-order valence-electron chi connectivity index (χ2n) is 6.10. The summed E-state index contributed by atoms with van der Waals surface area (Å²) < 4.78 is 0. The van der Waals surface area contributed by atoms with E-state index in [2.05, 4.69) is 43.4 Å². The molecule has 1 aromatic rings. The molecule has 3 atom stereocenters. The molecule has 19 heavy (non-hydrogen) atoms. The van der Waals surface area contributed by atoms with Crippen molar-refractivity contribution >= 4 is 0 Å². The van der Waals surface area contributed by atoms with E-state index < -0.39 is 0 Å². The first kappa shape index (κ1) is 14.5. The van der Waals surface area contributed by atoms with Gasteiger partial charge in [-0.25, -0.2) is 0 Å². The van der Waals surface area contributed by atoms with Gasteiger partial charge in [-0.15, -0.1) is 0 Å². The molecule has 3 unspecified atom stereocenters. The van der Waals surface area contributed by atoms with Crippen molar-refractivity contribution in [3.05, 3.63) is 35.4 Å². The van der Waals surface area contributed by atoms with E-state index in [1.54, 1.807) is 0 Å². The Kier molecular flexibility index (Phi) is 5.41. The van der Waals surface area contributed by atoms with Gasteiger partial charge in [0.15, 0.2) is 0 Å². The van der Waals surface area contributed by atoms with Crippen LogP contribution >= 0.6 is 0 Å². The van der Waals surface area contributed by atoms with Gasteiger partial charge in [0, 0.05) is 12.6 Å². The van der Waals surface area contributed by atoms with Gasteiger partial charge in [-0.1, -0.05) is 36.2 Å². The molecule has 2 rings (SSSR count). The molecule has 1 fully saturated rings. The summed E-state index contributed by atoms with van der Waals surface area (Å²) >= 11 is 0. The number of aliphatic hydroxyl groups is 1. The number of hydrogen-bond donors (Lipinski definition) is 2. The lowest BCUT2D eigenvalue weighted by molar-refractivity contribution is 0.130. The highest BCUT2D eigenvalue weighted by Crippen LogP contribution is 2.24. The van der Waals surface area contributed by atoms with E-state index in [0.29, 0.717) is 12.0 Å². The van der Waals surface area contributed by atoms with Crippen LogP contribution in [0.15, 0.2) is 24.3 Å². The Labute approximate surface area is 117 Å². The average molecular weight is 261 g/mol. The zero-order valence-corrected chi connectivity index (χ0v) is 12.2. The van der Waals surface area contributed by atoms with Crippen LogP contribution < -0.4 is 5.32 Å². The first-order valence-electron chi connectivity index (χ1n) is 7.62. The number of benzene rings is 1. The van der Waals surface area contributed by atoms with Gasteiger partial charge >= 0.3 is 0 Å². The van der Waals surface area contributed by atoms with E-state index in [4.69, 9.17) is 0 Å². The summed E-state index contributed by atoms with van der Waals surface area (Å²) in [4.78, 5) is 0. The summed E-state index contributed by atoms with van der Waals surface area (Å²) in [5.74, 6) is 0.474. The number of aryl methyl sites for hydroxylation is 2. The Morgan fingerprint density at radius 3 is 2.89 bits per heavy atom. The van der Waals surface area contributed by atoms with Crippen LogP contribution in [0.25, 0.3) is 0 Å². The summed E-state index contributed by atoms with van der Waals surface area (Å²) in [6, 6.07) is 9.28. The number of hydrogen-bond acceptors (Lipinski definition) is 2. The summed E-state index contributed by atoms with van der Waals surface area (Å²) in [5, 5.41) is 13.4. The third kappa shape index (κ3) is 4.63. The van der Waals surface area contributed by atoms with Crippen LogP contribution in [0.1, 0.15) is 43.7 Å². The second-order valence-corrected chi connectivity index (χ2v) is 6.10. The van der Waals surface area contributed by atoms with Crippen LogP contribution in [-0.2, 0) is 6.42 Å². The second kappa shape index (κ2) is 7.06. The lowest BCUT2D eigenvalue weighted by Gasteiger charge is -2.19. The van der Waals surface area contributed by atoms with Crippen LogP contribution in [0.2, 0.25) is 0 Å². The standard InChI is InChI=1S/C17H27NO/c1-13-5-3-6-15(11-13)10-9-14(2)18-12-16-7-4-8-17(16)19/h3,5-6,11,14,16-19H,4,7-10,12H2,1-2H3. The Morgan fingerprint density at radius 1 is 1.37 bits per heavy atom. The predicted octanol–water partition coefficient (Wildman–Crippen LogP) is 3.07. The minimum absolute atomic E-state index is 0.0727. The number of rotatable bonds is 6. The molecule has 0 amide bonds. The average Bonchev–Trinajstić information content (AvgIpc) is 2.80. The van der Waals surface area contributed by atoms with Crippen LogP contribution in [0.3, 0.4) is 0 Å². The van der Waals surface area contributed by atoms with Crippen LogP contribution in [0.4, 0.5) is 0 Å². The van der Waals surface area contributed by atoms with Gasteiger partial charge in [0.2, 0.25) is 0 Å². The first-order chi connectivity index (χ1) is 9.15. The lowest BCUT2D eigenvalue weighted by Crippen LogP contribution is -2.34. The van der Waals surface area contributed by atoms with Gasteiger partial charge in [0.05, 0.1) is 6.10 Å². The third-order valence-corrected chi connectivity index (χ3v) is 4.30. The molecule has 106 valence electrons. The van der Waals surface area contributed by atoms with Crippen molar-refractivity contribution in [3.63, 3.8) is 0 Å². The number of nitrogens with one attached hydrogen (secondary N) is 1. The normalized spacial score (nSPS) is 24.6. The van der Waals surface area contributed by atoms with Crippen molar-refractivity contribution in [2.45, 2.75) is 58.1 Å². The molecule has 2 heteroatoms. The highest BCUT2D eigenvalue weighted by Gasteiger charge is 2.24. The van der Waals surface area contributed by atoms with Gasteiger partial charge < -0.3 is 10.4 Å². The molecular formula is C17H27NO. The molecule has 0 heterocycles. The van der Waals surface area contributed by atoms with E-state index in [0.717, 1.165) is 25.8 Å². The summed E-state index contributed by atoms with van der Waals surface area (Å²) in [5.41, 5.74) is 2.77. The highest BCUT2D eigenvalue weighted by molar-refractivity contribution is 5.22. The maximum Gasteiger partial charge on any atom is 0.0580 e. The van der Waals surface area contributed by atoms with Crippen molar-refractivity contribution in [2.75, 3.05) is 6.54 Å². The molecule has 0 aromatic heterocycles. The molecular weight excluding hydrogens is 234 g/mol. The molecule has 0 bridgehead atoms. The monoisotopic (exact) mass is 261 g/mol. The fraction of sp³-hybridized carbons (Fsp3) is 0.647. The molecule has 1 aliphatic carbocycles. The van der Waals surface area contributed by atoms with Gasteiger partial charge in [0.1, 0.15) is 0 Å². The van der Waals surface area contributed by atoms with Crippen molar-refractivity contribution in [1.82, 2.24) is 5.32 Å². The largest absolute Gasteiger partial charge is 0.393 e. The fourth-order valence-electron chi connectivity index (χ4n) is 2.96. The Bertz CT molecular complexity index is 391. The Morgan fingerprint density at radius 2 is 2.21 bits per heavy atom. The summed E-state index contributed by atoms with van der Waals surface area (Å²) in [7, 11) is 0. The van der Waals surface area contributed by atoms with Crippen molar-refractivity contribution in [1.29, 1.82) is 0 Å². The molecule has 0 aliphatic heterocycles. The van der Waals surface area contributed by atoms with Crippen LogP contribution in [0, 0.1) is 12.8 Å². The number of aliphatic hydroxyl groups excluding tert-OH is 1. The SMILES string of the molecule is Cc1cccc(CCC(C)NCC2CCCC2O)c1. The van der Waals surface area contributed by atoms with E-state index in [1.807, 2.05) is 0 Å². The molecule has 0 saturated heterocycles. The topological polar surface area (TPSA) is 32.3 Å². The maximum absolute atomic E-state index is 9.80. The predicted molar refractivity (Wildman–Crippen MR) is 80.3 cm³/mol. The Balaban J connectivity index is 1.68. The van der Waals surface area contributed by atoms with Gasteiger partial charge in [-0.3, -0.25) is 0 Å². The van der Waals surface area contributed by atoms with Gasteiger partial charge in [-0.05, 0) is 51.0 Å². The summed E-state index contributed by atoms with van der Waals surface area (Å²) in [6.45, 7) is 5.36. The molecule has 1 aliphatic rings. The van der Waals surface area contributed by atoms with Crippen molar-refractivity contribution in [3.8, 4) is 0 Å². The van der Waals surface area contributed by atoms with Gasteiger partial charge in [-0.2, -0.15) is 0 Å². The minimum atomic E-state index is -0.0727. The van der Waals surface area contributed by atoms with Crippen molar-refractivity contribution in [2.24, 2.45) is 5.92 Å². The quantitative estimate of drug-likeness (QED) is 0.825. The Hall–Kier alpha value is -0.860. The third-order valence-electron chi connectivity index (χ3n) is 4.30.